The van der Waals surface area contributed by atoms with Gasteiger partial charge in [-0.15, -0.1) is 5.10 Å². The van der Waals surface area contributed by atoms with E-state index in [4.69, 9.17) is 0 Å². The van der Waals surface area contributed by atoms with E-state index in [2.05, 4.69) is 20.2 Å². The molecule has 1 fully saturated rings. The van der Waals surface area contributed by atoms with Crippen molar-refractivity contribution >= 4 is 10.0 Å². The van der Waals surface area contributed by atoms with Crippen molar-refractivity contribution in [3.05, 3.63) is 17.8 Å². The van der Waals surface area contributed by atoms with Gasteiger partial charge < -0.3 is 5.32 Å². The molecule has 0 radical (unpaired) electrons. The summed E-state index contributed by atoms with van der Waals surface area (Å²) in [7, 11) is -3.52. The summed E-state index contributed by atoms with van der Waals surface area (Å²) in [6.45, 7) is 3.27. The van der Waals surface area contributed by atoms with E-state index in [0.717, 1.165) is 13.0 Å². The molecule has 2 heterocycles. The van der Waals surface area contributed by atoms with Gasteiger partial charge in [0.2, 0.25) is 0 Å². The van der Waals surface area contributed by atoms with Crippen LogP contribution in [0.1, 0.15) is 12.1 Å². The molecule has 0 aliphatic carbocycles. The number of sulfonamides is 1. The van der Waals surface area contributed by atoms with Crippen LogP contribution in [0.15, 0.2) is 17.2 Å². The monoisotopic (exact) mass is 242 g/mol. The van der Waals surface area contributed by atoms with Crippen LogP contribution >= 0.6 is 0 Å². The first-order chi connectivity index (χ1) is 7.58. The van der Waals surface area contributed by atoms with Gasteiger partial charge in [0.05, 0.1) is 5.69 Å². The van der Waals surface area contributed by atoms with E-state index in [-0.39, 0.29) is 11.1 Å². The summed E-state index contributed by atoms with van der Waals surface area (Å²) in [6, 6.07) is 3.05. The molecule has 0 unspecified atom stereocenters. The van der Waals surface area contributed by atoms with Crippen molar-refractivity contribution in [2.24, 2.45) is 0 Å². The third-order valence-corrected chi connectivity index (χ3v) is 3.84. The van der Waals surface area contributed by atoms with Crippen LogP contribution in [0.25, 0.3) is 0 Å². The summed E-state index contributed by atoms with van der Waals surface area (Å²) < 4.78 is 26.3. The number of aromatic nitrogens is 2. The quantitative estimate of drug-likeness (QED) is 0.741. The minimum Gasteiger partial charge on any atom is -0.315 e. The highest BCUT2D eigenvalue weighted by Gasteiger charge is 2.23. The smallest absolute Gasteiger partial charge is 0.260 e. The number of hydrogen-bond donors (Lipinski definition) is 2. The Labute approximate surface area is 94.5 Å². The fourth-order valence-electron chi connectivity index (χ4n) is 1.57. The minimum absolute atomic E-state index is 0.0231. The van der Waals surface area contributed by atoms with Crippen LogP contribution in [-0.4, -0.2) is 37.7 Å². The third-order valence-electron chi connectivity index (χ3n) is 2.43. The maximum Gasteiger partial charge on any atom is 0.260 e. The van der Waals surface area contributed by atoms with E-state index in [1.54, 1.807) is 13.0 Å². The molecule has 1 saturated heterocycles. The number of nitrogens with one attached hydrogen (secondary N) is 2. The lowest BCUT2D eigenvalue weighted by molar-refractivity contribution is 0.554. The van der Waals surface area contributed by atoms with Crippen molar-refractivity contribution in [3.63, 3.8) is 0 Å². The van der Waals surface area contributed by atoms with Gasteiger partial charge in [0.25, 0.3) is 10.0 Å². The maximum atomic E-state index is 11.9. The first-order valence-corrected chi connectivity index (χ1v) is 6.59. The second-order valence-electron chi connectivity index (χ2n) is 3.82. The van der Waals surface area contributed by atoms with Crippen molar-refractivity contribution in [1.82, 2.24) is 20.2 Å². The van der Waals surface area contributed by atoms with Crippen LogP contribution in [-0.2, 0) is 10.0 Å². The van der Waals surface area contributed by atoms with Gasteiger partial charge in [0, 0.05) is 12.6 Å². The molecule has 1 aromatic heterocycles. The number of hydrogen-bond acceptors (Lipinski definition) is 5. The van der Waals surface area contributed by atoms with Gasteiger partial charge in [-0.2, -0.15) is 5.10 Å². The molecule has 2 N–H and O–H groups in total. The van der Waals surface area contributed by atoms with Crippen LogP contribution in [0.5, 0.6) is 0 Å². The predicted octanol–water partition coefficient (Wildman–Crippen LogP) is -0.575. The molecule has 1 atom stereocenters. The average Bonchev–Trinajstić information content (AvgIpc) is 2.70. The largest absolute Gasteiger partial charge is 0.315 e. The highest BCUT2D eigenvalue weighted by Crippen LogP contribution is 2.07. The molecule has 0 aromatic carbocycles. The third kappa shape index (κ3) is 2.55. The van der Waals surface area contributed by atoms with Crippen molar-refractivity contribution in [2.45, 2.75) is 24.4 Å². The zero-order valence-electron chi connectivity index (χ0n) is 8.97. The Bertz CT molecular complexity index is 451. The Morgan fingerprint density at radius 3 is 2.81 bits per heavy atom. The summed E-state index contributed by atoms with van der Waals surface area (Å²) in [5, 5.41) is 10.5. The average molecular weight is 242 g/mol. The van der Waals surface area contributed by atoms with Crippen LogP contribution in [0.2, 0.25) is 0 Å². The zero-order valence-corrected chi connectivity index (χ0v) is 9.79. The molecule has 88 valence electrons. The summed E-state index contributed by atoms with van der Waals surface area (Å²) in [5.74, 6) is 0. The molecule has 0 bridgehead atoms. The van der Waals surface area contributed by atoms with Gasteiger partial charge >= 0.3 is 0 Å². The highest BCUT2D eigenvalue weighted by atomic mass is 32.2. The van der Waals surface area contributed by atoms with Crippen molar-refractivity contribution in [2.75, 3.05) is 13.1 Å². The Hall–Kier alpha value is -1.05. The highest BCUT2D eigenvalue weighted by molar-refractivity contribution is 7.89. The zero-order chi connectivity index (χ0) is 11.6. The molecule has 7 heteroatoms. The summed E-state index contributed by atoms with van der Waals surface area (Å²) in [6.07, 6.45) is 0.804. The standard InChI is InChI=1S/C9H14N4O2S/c1-7-2-3-9(12-11-7)16(14,15)13-8-4-5-10-6-8/h2-3,8,10,13H,4-6H2,1H3/t8-/m0/s1. The van der Waals surface area contributed by atoms with Crippen LogP contribution < -0.4 is 10.0 Å². The molecule has 2 rings (SSSR count). The first kappa shape index (κ1) is 11.4. The lowest BCUT2D eigenvalue weighted by Gasteiger charge is -2.10. The summed E-state index contributed by atoms with van der Waals surface area (Å²) in [5.41, 5.74) is 0.696. The van der Waals surface area contributed by atoms with Gasteiger partial charge in [-0.05, 0) is 32.0 Å². The van der Waals surface area contributed by atoms with E-state index < -0.39 is 10.0 Å². The van der Waals surface area contributed by atoms with Crippen molar-refractivity contribution in [1.29, 1.82) is 0 Å². The van der Waals surface area contributed by atoms with E-state index in [9.17, 15) is 8.42 Å². The van der Waals surface area contributed by atoms with Crippen molar-refractivity contribution in [3.8, 4) is 0 Å². The molecule has 1 aromatic rings. The lowest BCUT2D eigenvalue weighted by atomic mass is 10.3. The molecular formula is C9H14N4O2S. The second-order valence-corrected chi connectivity index (χ2v) is 5.48. The van der Waals surface area contributed by atoms with E-state index in [1.807, 2.05) is 0 Å². The normalized spacial score (nSPS) is 21.2. The van der Waals surface area contributed by atoms with Gasteiger partial charge in [-0.3, -0.25) is 0 Å². The lowest BCUT2D eigenvalue weighted by Crippen LogP contribution is -2.36. The van der Waals surface area contributed by atoms with E-state index in [0.29, 0.717) is 12.2 Å². The Kier molecular flexibility index (Phi) is 3.17. The Balaban J connectivity index is 2.14. The molecule has 0 amide bonds. The van der Waals surface area contributed by atoms with Gasteiger partial charge in [0.15, 0.2) is 5.03 Å². The van der Waals surface area contributed by atoms with Crippen molar-refractivity contribution < 1.29 is 8.42 Å². The predicted molar refractivity (Wildman–Crippen MR) is 58.4 cm³/mol. The fraction of sp³-hybridized carbons (Fsp3) is 0.556. The number of nitrogens with zero attached hydrogens (tertiary/aromatic N) is 2. The van der Waals surface area contributed by atoms with Gasteiger partial charge in [-0.1, -0.05) is 0 Å². The summed E-state index contributed by atoms with van der Waals surface area (Å²) in [4.78, 5) is 0. The van der Waals surface area contributed by atoms with Gasteiger partial charge in [-0.25, -0.2) is 13.1 Å². The number of aryl methyl sites for hydroxylation is 1. The molecule has 1 aliphatic rings. The van der Waals surface area contributed by atoms with Crippen LogP contribution in [0.4, 0.5) is 0 Å². The van der Waals surface area contributed by atoms with E-state index in [1.165, 1.54) is 6.07 Å². The molecule has 1 aliphatic heterocycles. The molecule has 0 spiro atoms. The molecule has 0 saturated carbocycles. The van der Waals surface area contributed by atoms with Crippen LogP contribution in [0.3, 0.4) is 0 Å². The fourth-order valence-corrected chi connectivity index (χ4v) is 2.72. The molecular weight excluding hydrogens is 228 g/mol. The van der Waals surface area contributed by atoms with Crippen LogP contribution in [0, 0.1) is 6.92 Å². The first-order valence-electron chi connectivity index (χ1n) is 5.11. The summed E-state index contributed by atoms with van der Waals surface area (Å²) >= 11 is 0. The SMILES string of the molecule is Cc1ccc(S(=O)(=O)N[C@H]2CCNC2)nn1. The minimum atomic E-state index is -3.52. The molecule has 16 heavy (non-hydrogen) atoms. The molecule has 6 nitrogen and oxygen atoms in total. The topological polar surface area (TPSA) is 84.0 Å². The second kappa shape index (κ2) is 4.44. The van der Waals surface area contributed by atoms with E-state index >= 15 is 0 Å². The Morgan fingerprint density at radius 1 is 1.44 bits per heavy atom. The Morgan fingerprint density at radius 2 is 2.25 bits per heavy atom. The maximum absolute atomic E-state index is 11.9. The van der Waals surface area contributed by atoms with Gasteiger partial charge in [0.1, 0.15) is 0 Å². The number of rotatable bonds is 3.